The standard InChI is InChI=1S/C55H75N4O6.Mg/c1-13-39-34(7)41-29-46-48(38(11)60)36(9)43(57-46)27-42-35(8)40(52(58-42)50-51(55(63)64-12)54(62)49-37(10)44(59-53(49)50)28-45(39)56-41)23-24-47(61)65-26-25-33(6)22-16-21-32(5)20-15-19-31(4)18-14-17-30(2)3;/h25,27-32,34-35,39-40,51H,13-24,26H2,1-12H3,(H-,56,57,58,59,60,62);/q-1;+2/p-1/b33-25+;. The number of fused-ring (bicyclic) bond motifs is 8. The summed E-state index contributed by atoms with van der Waals surface area (Å²) in [7, 11) is 1.28. The molecule has 6 rings (SSSR count). The van der Waals surface area contributed by atoms with Crippen LogP contribution < -0.4 is 9.97 Å². The van der Waals surface area contributed by atoms with Crippen molar-refractivity contribution in [3.8, 4) is 0 Å². The maximum Gasteiger partial charge on any atom is 2.00 e. The van der Waals surface area contributed by atoms with Crippen molar-refractivity contribution in [1.82, 2.24) is 19.9 Å². The molecule has 0 N–H and O–H groups in total. The predicted octanol–water partition coefficient (Wildman–Crippen LogP) is 12.4. The third kappa shape index (κ3) is 11.8. The number of carbonyl (C=O) groups excluding carboxylic acids is 4. The van der Waals surface area contributed by atoms with Crippen molar-refractivity contribution in [1.29, 1.82) is 0 Å². The Balaban J connectivity index is 0.00000817. The van der Waals surface area contributed by atoms with Gasteiger partial charge in [-0.15, -0.1) is 22.1 Å². The van der Waals surface area contributed by atoms with E-state index in [0.717, 1.165) is 48.0 Å². The van der Waals surface area contributed by atoms with Crippen molar-refractivity contribution >= 4 is 68.6 Å². The average molecular weight is 912 g/mol. The van der Waals surface area contributed by atoms with Crippen molar-refractivity contribution in [3.63, 3.8) is 0 Å². The molecule has 3 aliphatic rings. The Hall–Kier alpha value is -4.09. The van der Waals surface area contributed by atoms with E-state index in [2.05, 4.69) is 48.5 Å². The van der Waals surface area contributed by atoms with E-state index < -0.39 is 11.9 Å². The van der Waals surface area contributed by atoms with Gasteiger partial charge in [0.05, 0.1) is 7.11 Å². The van der Waals surface area contributed by atoms with Crippen LogP contribution in [0.1, 0.15) is 229 Å². The first-order chi connectivity index (χ1) is 30.9. The predicted molar refractivity (Wildman–Crippen MR) is 265 cm³/mol. The first-order valence-electron chi connectivity index (χ1n) is 24.6. The first kappa shape index (κ1) is 52.9. The zero-order chi connectivity index (χ0) is 47.3. The number of ketones is 2. The molecular formula is C55H74MgN4O6. The molecule has 0 saturated heterocycles. The van der Waals surface area contributed by atoms with E-state index in [4.69, 9.17) is 29.4 Å². The number of hydrogen-bond acceptors (Lipinski definition) is 8. The molecule has 3 aromatic rings. The number of hydrogen-bond donors (Lipinski definition) is 0. The average Bonchev–Trinajstić information content (AvgIpc) is 4.00. The molecule has 1 aliphatic carbocycles. The molecule has 0 fully saturated rings. The molecule has 7 unspecified atom stereocenters. The summed E-state index contributed by atoms with van der Waals surface area (Å²) in [4.78, 5) is 75.0. The summed E-state index contributed by atoms with van der Waals surface area (Å²) >= 11 is 0. The van der Waals surface area contributed by atoms with Gasteiger partial charge in [-0.3, -0.25) is 29.1 Å². The van der Waals surface area contributed by atoms with Gasteiger partial charge in [-0.25, -0.2) is 0 Å². The van der Waals surface area contributed by atoms with Crippen molar-refractivity contribution in [3.05, 3.63) is 80.4 Å². The number of rotatable bonds is 20. The number of aromatic nitrogens is 4. The van der Waals surface area contributed by atoms with Crippen LogP contribution in [0.2, 0.25) is 0 Å². The minimum atomic E-state index is -1.25. The number of nitrogens with zero attached hydrogens (tertiary/aromatic N) is 4. The minimum absolute atomic E-state index is 0. The van der Waals surface area contributed by atoms with Crippen molar-refractivity contribution in [2.45, 2.75) is 183 Å². The Morgan fingerprint density at radius 3 is 2.00 bits per heavy atom. The van der Waals surface area contributed by atoms with Crippen LogP contribution in [0.15, 0.2) is 29.8 Å². The number of aryl methyl sites for hydroxylation is 2. The molecule has 352 valence electrons. The van der Waals surface area contributed by atoms with Gasteiger partial charge >= 0.3 is 35.0 Å². The second-order valence-corrected chi connectivity index (χ2v) is 20.2. The Labute approximate surface area is 409 Å². The summed E-state index contributed by atoms with van der Waals surface area (Å²) in [5.41, 5.74) is 9.10. The van der Waals surface area contributed by atoms with Gasteiger partial charge in [0.1, 0.15) is 12.5 Å². The summed E-state index contributed by atoms with van der Waals surface area (Å²) in [6.45, 7) is 23.3. The third-order valence-corrected chi connectivity index (χ3v) is 14.8. The molecule has 8 bridgehead atoms. The molecule has 0 saturated carbocycles. The molecule has 0 amide bonds. The minimum Gasteiger partial charge on any atom is -0.657 e. The Morgan fingerprint density at radius 1 is 0.773 bits per heavy atom. The molecule has 0 radical (unpaired) electrons. The van der Waals surface area contributed by atoms with Crippen LogP contribution in [-0.2, 0) is 19.1 Å². The first-order valence-corrected chi connectivity index (χ1v) is 24.6. The molecule has 66 heavy (non-hydrogen) atoms. The van der Waals surface area contributed by atoms with Crippen LogP contribution in [-0.4, -0.2) is 70.2 Å². The summed E-state index contributed by atoms with van der Waals surface area (Å²) < 4.78 is 11.0. The van der Waals surface area contributed by atoms with E-state index in [1.165, 1.54) is 57.6 Å². The van der Waals surface area contributed by atoms with Crippen LogP contribution in [0.4, 0.5) is 0 Å². The van der Waals surface area contributed by atoms with Gasteiger partial charge < -0.3 is 19.4 Å². The zero-order valence-electron chi connectivity index (χ0n) is 42.1. The molecule has 0 spiro atoms. The molecule has 11 heteroatoms. The summed E-state index contributed by atoms with van der Waals surface area (Å²) in [5.74, 6) is -0.869. The van der Waals surface area contributed by atoms with Gasteiger partial charge in [0.15, 0.2) is 11.6 Å². The monoisotopic (exact) mass is 911 g/mol. The second kappa shape index (κ2) is 23.3. The molecule has 3 aromatic heterocycles. The topological polar surface area (TPSA) is 141 Å². The van der Waals surface area contributed by atoms with Crippen LogP contribution in [0, 0.1) is 31.6 Å². The number of esters is 2. The number of allylic oxidation sites excluding steroid dienone is 1. The second-order valence-electron chi connectivity index (χ2n) is 20.2. The SMILES string of the molecule is CCC1c2cc3[n-]c4c(c3C)C(=O)C(C(=O)OC)c4c3nc(cc4[n-]c(cc(n2)C1C)c(C(C)=O)c4C)C(C)C3CCC(=O)OC/C=C(\C)CCCC(C)CCCC(C)CCCC(C)C.[Mg+2]. The van der Waals surface area contributed by atoms with Gasteiger partial charge in [0.2, 0.25) is 0 Å². The van der Waals surface area contributed by atoms with E-state index in [9.17, 15) is 19.2 Å². The van der Waals surface area contributed by atoms with E-state index in [0.29, 0.717) is 68.0 Å². The number of ether oxygens (including phenoxy) is 2. The summed E-state index contributed by atoms with van der Waals surface area (Å²) in [6, 6.07) is 5.79. The molecule has 5 heterocycles. The fourth-order valence-corrected chi connectivity index (χ4v) is 10.6. The van der Waals surface area contributed by atoms with Crippen molar-refractivity contribution < 1.29 is 28.7 Å². The van der Waals surface area contributed by atoms with Gasteiger partial charge in [-0.2, -0.15) is 0 Å². The fourth-order valence-electron chi connectivity index (χ4n) is 10.6. The van der Waals surface area contributed by atoms with E-state index >= 15 is 0 Å². The smallest absolute Gasteiger partial charge is 0.657 e. The van der Waals surface area contributed by atoms with E-state index in [1.54, 1.807) is 6.92 Å². The van der Waals surface area contributed by atoms with Crippen LogP contribution in [0.5, 0.6) is 0 Å². The summed E-state index contributed by atoms with van der Waals surface area (Å²) in [6.07, 6.45) is 14.5. The molecule has 7 atom stereocenters. The maximum absolute atomic E-state index is 14.4. The normalized spacial score (nSPS) is 20.0. The fraction of sp³-hybridized carbons (Fsp3) is 0.600. The number of methoxy groups -OCH3 is 1. The number of Topliss-reactive ketones (excluding diaryl/α,β-unsaturated/α-hetero) is 2. The van der Waals surface area contributed by atoms with Gasteiger partial charge in [0, 0.05) is 64.0 Å². The maximum atomic E-state index is 14.4. The van der Waals surface area contributed by atoms with E-state index in [-0.39, 0.29) is 77.3 Å². The molecular weight excluding hydrogens is 837 g/mol. The zero-order valence-corrected chi connectivity index (χ0v) is 43.5. The molecule has 0 aromatic carbocycles. The van der Waals surface area contributed by atoms with Crippen molar-refractivity contribution in [2.75, 3.05) is 13.7 Å². The van der Waals surface area contributed by atoms with Gasteiger partial charge in [-0.05, 0) is 82.8 Å². The number of carbonyl (C=O) groups is 4. The Kier molecular flexibility index (Phi) is 18.6. The quantitative estimate of drug-likeness (QED) is 0.0354. The Morgan fingerprint density at radius 2 is 1.36 bits per heavy atom. The molecule has 10 nitrogen and oxygen atoms in total. The van der Waals surface area contributed by atoms with Crippen molar-refractivity contribution in [2.24, 2.45) is 17.8 Å². The Bertz CT molecular complexity index is 2460. The largest absolute Gasteiger partial charge is 2.00 e. The summed E-state index contributed by atoms with van der Waals surface area (Å²) in [5, 5.41) is 0. The third-order valence-electron chi connectivity index (χ3n) is 14.8. The van der Waals surface area contributed by atoms with E-state index in [1.807, 2.05) is 45.0 Å². The van der Waals surface area contributed by atoms with Gasteiger partial charge in [0.25, 0.3) is 0 Å². The molecule has 2 aliphatic heterocycles. The van der Waals surface area contributed by atoms with Crippen LogP contribution in [0.3, 0.4) is 0 Å². The van der Waals surface area contributed by atoms with Gasteiger partial charge in [-0.1, -0.05) is 128 Å². The van der Waals surface area contributed by atoms with Crippen LogP contribution in [0.25, 0.3) is 22.1 Å². The van der Waals surface area contributed by atoms with Crippen LogP contribution >= 0.6 is 0 Å².